The Hall–Kier alpha value is -3.48. The molecule has 5 nitrogen and oxygen atoms in total. The molecule has 4 aromatic rings. The molecule has 1 aromatic heterocycles. The first-order valence-corrected chi connectivity index (χ1v) is 12.4. The number of hydrogen-bond donors (Lipinski definition) is 2. The van der Waals surface area contributed by atoms with Gasteiger partial charge in [0.05, 0.1) is 5.56 Å². The summed E-state index contributed by atoms with van der Waals surface area (Å²) >= 11 is 0. The van der Waals surface area contributed by atoms with Crippen LogP contribution in [0, 0.1) is 11.7 Å². The number of rotatable bonds is 7. The van der Waals surface area contributed by atoms with Crippen molar-refractivity contribution in [2.45, 2.75) is 25.3 Å². The summed E-state index contributed by atoms with van der Waals surface area (Å²) in [6.45, 7) is 4.50. The van der Waals surface area contributed by atoms with E-state index in [1.54, 1.807) is 24.3 Å². The second-order valence-corrected chi connectivity index (χ2v) is 9.56. The molecule has 5 rings (SSSR count). The van der Waals surface area contributed by atoms with Crippen LogP contribution in [0.3, 0.4) is 0 Å². The molecule has 1 aliphatic heterocycles. The van der Waals surface area contributed by atoms with Crippen LogP contribution >= 0.6 is 12.4 Å². The van der Waals surface area contributed by atoms with Crippen molar-refractivity contribution < 1.29 is 14.3 Å². The number of carboxylic acid groups (broad SMARTS) is 1. The highest BCUT2D eigenvalue weighted by atomic mass is 35.5. The molecule has 0 bridgehead atoms. The first kappa shape index (κ1) is 26.6. The van der Waals surface area contributed by atoms with Crippen LogP contribution in [0.25, 0.3) is 10.8 Å². The summed E-state index contributed by atoms with van der Waals surface area (Å²) in [4.78, 5) is 17.8. The van der Waals surface area contributed by atoms with Gasteiger partial charge < -0.3 is 15.3 Å². The fraction of sp³-hybridized carbons (Fsp3) is 0.267. The van der Waals surface area contributed by atoms with Crippen LogP contribution in [0.2, 0.25) is 0 Å². The topological polar surface area (TPSA) is 65.5 Å². The molecule has 2 unspecified atom stereocenters. The Morgan fingerprint density at radius 3 is 2.65 bits per heavy atom. The summed E-state index contributed by atoms with van der Waals surface area (Å²) in [7, 11) is 0. The standard InChI is InChI=1S/C30H30FN3O2.ClH/c1-20(26-11-5-7-21-6-2-3-10-27(21)26)32-17-23-14-15-34(29-13-12-24(18-33-29)30(35)36)19-28(23)22-8-4-9-25(31)16-22;/h2-13,16,18,20,23,28,32H,14-15,17,19H2,1H3,(H,35,36);1H/t20-,23?,28?;/m1./s1. The molecular weight excluding hydrogens is 489 g/mol. The molecule has 3 atom stereocenters. The van der Waals surface area contributed by atoms with E-state index in [0.717, 1.165) is 30.9 Å². The van der Waals surface area contributed by atoms with Crippen LogP contribution in [0.1, 0.15) is 46.8 Å². The second-order valence-electron chi connectivity index (χ2n) is 9.56. The molecule has 1 aliphatic rings. The molecule has 37 heavy (non-hydrogen) atoms. The van der Waals surface area contributed by atoms with Crippen molar-refractivity contribution in [2.24, 2.45) is 5.92 Å². The van der Waals surface area contributed by atoms with Crippen LogP contribution in [0.5, 0.6) is 0 Å². The summed E-state index contributed by atoms with van der Waals surface area (Å²) < 4.78 is 14.2. The largest absolute Gasteiger partial charge is 0.478 e. The third-order valence-electron chi connectivity index (χ3n) is 7.33. The van der Waals surface area contributed by atoms with Gasteiger partial charge in [-0.15, -0.1) is 12.4 Å². The highest BCUT2D eigenvalue weighted by Gasteiger charge is 2.31. The number of benzene rings is 3. The minimum atomic E-state index is -0.989. The summed E-state index contributed by atoms with van der Waals surface area (Å²) in [5.41, 5.74) is 2.42. The van der Waals surface area contributed by atoms with Crippen molar-refractivity contribution in [1.82, 2.24) is 10.3 Å². The number of nitrogens with one attached hydrogen (secondary N) is 1. The molecule has 1 fully saturated rings. The maximum absolute atomic E-state index is 14.2. The van der Waals surface area contributed by atoms with E-state index < -0.39 is 5.97 Å². The number of aromatic carboxylic acids is 1. The van der Waals surface area contributed by atoms with Gasteiger partial charge in [0.25, 0.3) is 0 Å². The zero-order valence-corrected chi connectivity index (χ0v) is 21.5. The number of hydrogen-bond acceptors (Lipinski definition) is 4. The Labute approximate surface area is 222 Å². The molecule has 3 aromatic carbocycles. The number of carbonyl (C=O) groups is 1. The van der Waals surface area contributed by atoms with Gasteiger partial charge in [0.15, 0.2) is 0 Å². The van der Waals surface area contributed by atoms with Gasteiger partial charge in [0, 0.05) is 31.2 Å². The number of pyridine rings is 1. The third kappa shape index (κ3) is 5.92. The Kier molecular flexibility index (Phi) is 8.41. The number of nitrogens with zero attached hydrogens (tertiary/aromatic N) is 2. The van der Waals surface area contributed by atoms with Crippen molar-refractivity contribution >= 4 is 35.0 Å². The average molecular weight is 520 g/mol. The fourth-order valence-corrected chi connectivity index (χ4v) is 5.33. The number of aromatic nitrogens is 1. The van der Waals surface area contributed by atoms with E-state index in [-0.39, 0.29) is 35.7 Å². The van der Waals surface area contributed by atoms with E-state index in [1.807, 2.05) is 6.07 Å². The highest BCUT2D eigenvalue weighted by Crippen LogP contribution is 2.35. The lowest BCUT2D eigenvalue weighted by Gasteiger charge is -2.40. The van der Waals surface area contributed by atoms with Crippen LogP contribution in [0.15, 0.2) is 85.1 Å². The SMILES string of the molecule is C[C@@H](NCC1CCN(c2ccc(C(=O)O)cn2)CC1c1cccc(F)c1)c1cccc2ccccc12.Cl. The predicted octanol–water partition coefficient (Wildman–Crippen LogP) is 6.45. The Morgan fingerprint density at radius 2 is 1.89 bits per heavy atom. The Morgan fingerprint density at radius 1 is 1.11 bits per heavy atom. The van der Waals surface area contributed by atoms with Gasteiger partial charge in [-0.25, -0.2) is 14.2 Å². The van der Waals surface area contributed by atoms with Crippen LogP contribution in [-0.2, 0) is 0 Å². The molecule has 2 heterocycles. The lowest BCUT2D eigenvalue weighted by molar-refractivity contribution is 0.0696. The average Bonchev–Trinajstić information content (AvgIpc) is 2.91. The minimum Gasteiger partial charge on any atom is -0.478 e. The van der Waals surface area contributed by atoms with E-state index in [0.29, 0.717) is 12.5 Å². The molecule has 192 valence electrons. The maximum atomic E-state index is 14.2. The highest BCUT2D eigenvalue weighted by molar-refractivity contribution is 5.87. The fourth-order valence-electron chi connectivity index (χ4n) is 5.33. The predicted molar refractivity (Wildman–Crippen MR) is 148 cm³/mol. The van der Waals surface area contributed by atoms with Gasteiger partial charge in [-0.2, -0.15) is 0 Å². The van der Waals surface area contributed by atoms with Crippen molar-refractivity contribution in [3.63, 3.8) is 0 Å². The summed E-state index contributed by atoms with van der Waals surface area (Å²) in [5.74, 6) is -0.0421. The van der Waals surface area contributed by atoms with Crippen LogP contribution in [0.4, 0.5) is 10.2 Å². The van der Waals surface area contributed by atoms with Crippen LogP contribution in [-0.4, -0.2) is 35.7 Å². The first-order valence-electron chi connectivity index (χ1n) is 12.4. The monoisotopic (exact) mass is 519 g/mol. The zero-order valence-electron chi connectivity index (χ0n) is 20.7. The lowest BCUT2D eigenvalue weighted by atomic mass is 9.80. The normalized spacial score (nSPS) is 18.3. The Balaban J connectivity index is 0.00000320. The molecule has 0 aliphatic carbocycles. The van der Waals surface area contributed by atoms with Crippen LogP contribution < -0.4 is 10.2 Å². The number of carboxylic acids is 1. The zero-order chi connectivity index (χ0) is 25.1. The maximum Gasteiger partial charge on any atom is 0.337 e. The van der Waals surface area contributed by atoms with E-state index in [9.17, 15) is 14.3 Å². The first-order chi connectivity index (χ1) is 17.5. The second kappa shape index (κ2) is 11.7. The van der Waals surface area contributed by atoms with Crippen molar-refractivity contribution in [3.05, 3.63) is 108 Å². The number of piperidine rings is 1. The summed E-state index contributed by atoms with van der Waals surface area (Å²) in [6, 6.07) is 25.3. The quantitative estimate of drug-likeness (QED) is 0.293. The molecule has 1 saturated heterocycles. The van der Waals surface area contributed by atoms with Gasteiger partial charge in [0.1, 0.15) is 11.6 Å². The summed E-state index contributed by atoms with van der Waals surface area (Å²) in [6.07, 6.45) is 2.31. The Bertz CT molecular complexity index is 1360. The van der Waals surface area contributed by atoms with Crippen molar-refractivity contribution in [1.29, 1.82) is 0 Å². The van der Waals surface area contributed by atoms with E-state index in [4.69, 9.17) is 0 Å². The lowest BCUT2D eigenvalue weighted by Crippen LogP contribution is -2.43. The molecule has 0 radical (unpaired) electrons. The molecule has 7 heteroatoms. The molecule has 0 saturated carbocycles. The van der Waals surface area contributed by atoms with Gasteiger partial charge in [0.2, 0.25) is 0 Å². The third-order valence-corrected chi connectivity index (χ3v) is 7.33. The van der Waals surface area contributed by atoms with E-state index in [1.165, 1.54) is 28.6 Å². The van der Waals surface area contributed by atoms with Crippen molar-refractivity contribution in [2.75, 3.05) is 24.5 Å². The summed E-state index contributed by atoms with van der Waals surface area (Å²) in [5, 5.41) is 15.4. The minimum absolute atomic E-state index is 0. The molecule has 0 amide bonds. The molecule has 0 spiro atoms. The van der Waals surface area contributed by atoms with E-state index >= 15 is 0 Å². The number of anilines is 1. The van der Waals surface area contributed by atoms with Crippen molar-refractivity contribution in [3.8, 4) is 0 Å². The van der Waals surface area contributed by atoms with E-state index in [2.05, 4.69) is 64.6 Å². The molecular formula is C30H31ClFN3O2. The van der Waals surface area contributed by atoms with Gasteiger partial charge in [-0.3, -0.25) is 0 Å². The molecule has 2 N–H and O–H groups in total. The number of halogens is 2. The van der Waals surface area contributed by atoms with Gasteiger partial charge >= 0.3 is 5.97 Å². The smallest absolute Gasteiger partial charge is 0.337 e. The van der Waals surface area contributed by atoms with Gasteiger partial charge in [-0.1, -0.05) is 54.6 Å². The number of fused-ring (bicyclic) bond motifs is 1. The van der Waals surface area contributed by atoms with Gasteiger partial charge in [-0.05, 0) is 72.0 Å².